The zero-order chi connectivity index (χ0) is 18.4. The molecule has 1 unspecified atom stereocenters. The van der Waals surface area contributed by atoms with Crippen molar-refractivity contribution in [3.8, 4) is 5.82 Å². The van der Waals surface area contributed by atoms with Crippen molar-refractivity contribution >= 4 is 11.8 Å². The van der Waals surface area contributed by atoms with Crippen molar-refractivity contribution in [3.05, 3.63) is 18.1 Å². The fourth-order valence-electron chi connectivity index (χ4n) is 4.41. The fraction of sp³-hybridized carbons (Fsp3) is 0.647. The largest absolute Gasteiger partial charge is 0.342 e. The summed E-state index contributed by atoms with van der Waals surface area (Å²) >= 11 is 0. The van der Waals surface area contributed by atoms with Crippen molar-refractivity contribution < 1.29 is 9.59 Å². The summed E-state index contributed by atoms with van der Waals surface area (Å²) in [6.07, 6.45) is 7.99. The third-order valence-corrected chi connectivity index (χ3v) is 6.07. The van der Waals surface area contributed by atoms with Gasteiger partial charge in [0, 0.05) is 26.2 Å². The van der Waals surface area contributed by atoms with Crippen LogP contribution in [0.15, 0.2) is 12.5 Å². The van der Waals surface area contributed by atoms with Crippen LogP contribution in [0.1, 0.15) is 42.5 Å². The van der Waals surface area contributed by atoms with Crippen LogP contribution < -0.4 is 0 Å². The summed E-state index contributed by atoms with van der Waals surface area (Å²) in [5.41, 5.74) is -0.000868. The molecule has 0 aromatic carbocycles. The molecule has 1 N–H and O–H groups in total. The number of H-pyrrole nitrogens is 1. The molecule has 3 aliphatic rings. The van der Waals surface area contributed by atoms with Crippen LogP contribution in [-0.2, 0) is 4.79 Å². The maximum absolute atomic E-state index is 13.2. The van der Waals surface area contributed by atoms with Crippen LogP contribution in [0.5, 0.6) is 0 Å². The minimum atomic E-state index is -0.415. The van der Waals surface area contributed by atoms with Gasteiger partial charge in [0.2, 0.25) is 5.91 Å². The van der Waals surface area contributed by atoms with Crippen molar-refractivity contribution in [3.63, 3.8) is 0 Å². The highest BCUT2D eigenvalue weighted by atomic mass is 16.2. The molecule has 2 saturated heterocycles. The molecule has 2 aliphatic heterocycles. The summed E-state index contributed by atoms with van der Waals surface area (Å²) in [6.45, 7) is 2.81. The third kappa shape index (κ3) is 2.79. The zero-order valence-corrected chi connectivity index (χ0v) is 15.0. The van der Waals surface area contributed by atoms with Crippen LogP contribution in [0, 0.1) is 11.3 Å². The maximum Gasteiger partial charge on any atom is 0.259 e. The van der Waals surface area contributed by atoms with Gasteiger partial charge in [-0.15, -0.1) is 5.10 Å². The Labute approximate surface area is 155 Å². The van der Waals surface area contributed by atoms with Gasteiger partial charge in [-0.1, -0.05) is 0 Å². The van der Waals surface area contributed by atoms with Crippen LogP contribution in [0.25, 0.3) is 5.82 Å². The number of carbonyl (C=O) groups excluding carboxylic acids is 2. The number of hydrogen-bond donors (Lipinski definition) is 1. The van der Waals surface area contributed by atoms with E-state index < -0.39 is 5.41 Å². The number of nitrogens with zero attached hydrogens (tertiary/aromatic N) is 7. The highest BCUT2D eigenvalue weighted by molar-refractivity contribution is 5.98. The lowest BCUT2D eigenvalue weighted by Crippen LogP contribution is -2.51. The predicted molar refractivity (Wildman–Crippen MR) is 92.8 cm³/mol. The number of likely N-dealkylation sites (tertiary alicyclic amines) is 2. The number of amides is 2. The van der Waals surface area contributed by atoms with E-state index in [-0.39, 0.29) is 11.8 Å². The predicted octanol–water partition coefficient (Wildman–Crippen LogP) is 0.250. The van der Waals surface area contributed by atoms with E-state index in [0.29, 0.717) is 30.4 Å². The van der Waals surface area contributed by atoms with E-state index in [9.17, 15) is 9.59 Å². The van der Waals surface area contributed by atoms with Gasteiger partial charge in [0.1, 0.15) is 11.9 Å². The molecule has 3 fully saturated rings. The van der Waals surface area contributed by atoms with Gasteiger partial charge >= 0.3 is 0 Å². The average molecular weight is 370 g/mol. The summed E-state index contributed by atoms with van der Waals surface area (Å²) in [6, 6.07) is 0. The second-order valence-electron chi connectivity index (χ2n) is 7.94. The van der Waals surface area contributed by atoms with Crippen LogP contribution in [0.4, 0.5) is 0 Å². The molecule has 4 heterocycles. The Morgan fingerprint density at radius 2 is 2.19 bits per heavy atom. The van der Waals surface area contributed by atoms with Crippen LogP contribution in [0.3, 0.4) is 0 Å². The first-order chi connectivity index (χ1) is 13.2. The van der Waals surface area contributed by atoms with Crippen molar-refractivity contribution in [1.29, 1.82) is 0 Å². The smallest absolute Gasteiger partial charge is 0.259 e. The molecule has 1 saturated carbocycles. The first-order valence-corrected chi connectivity index (χ1v) is 9.52. The van der Waals surface area contributed by atoms with E-state index >= 15 is 0 Å². The third-order valence-electron chi connectivity index (χ3n) is 6.07. The van der Waals surface area contributed by atoms with Crippen LogP contribution >= 0.6 is 0 Å². The van der Waals surface area contributed by atoms with E-state index in [4.69, 9.17) is 0 Å². The van der Waals surface area contributed by atoms with E-state index in [0.717, 1.165) is 32.4 Å². The Morgan fingerprint density at radius 1 is 1.30 bits per heavy atom. The molecule has 1 spiro atoms. The minimum Gasteiger partial charge on any atom is -0.342 e. The van der Waals surface area contributed by atoms with E-state index in [2.05, 4.69) is 25.7 Å². The number of rotatable bonds is 4. The van der Waals surface area contributed by atoms with Crippen LogP contribution in [-0.4, -0.2) is 78.2 Å². The molecule has 2 amide bonds. The molecule has 142 valence electrons. The topological polar surface area (TPSA) is 113 Å². The number of aromatic amines is 1. The van der Waals surface area contributed by atoms with Crippen molar-refractivity contribution in [2.45, 2.75) is 32.1 Å². The maximum atomic E-state index is 13.2. The lowest BCUT2D eigenvalue weighted by molar-refractivity contribution is -0.145. The normalized spacial score (nSPS) is 25.6. The number of nitrogens with one attached hydrogen (secondary N) is 1. The SMILES string of the molecule is O=C(c1cn[nH]c1-n1cnnn1)N1CCC2(CCCN(CC3CC3)C2=O)C1. The molecule has 10 heteroatoms. The number of carbonyl (C=O) groups is 2. The van der Waals surface area contributed by atoms with Crippen molar-refractivity contribution in [2.24, 2.45) is 11.3 Å². The summed E-state index contributed by atoms with van der Waals surface area (Å²) in [7, 11) is 0. The second-order valence-corrected chi connectivity index (χ2v) is 7.94. The monoisotopic (exact) mass is 370 g/mol. The molecule has 0 radical (unpaired) electrons. The second kappa shape index (κ2) is 6.14. The van der Waals surface area contributed by atoms with Crippen molar-refractivity contribution in [2.75, 3.05) is 26.2 Å². The van der Waals surface area contributed by atoms with Gasteiger partial charge in [0.25, 0.3) is 5.91 Å². The summed E-state index contributed by atoms with van der Waals surface area (Å²) in [5, 5.41) is 17.8. The Bertz CT molecular complexity index is 858. The molecular weight excluding hydrogens is 348 g/mol. The molecule has 5 rings (SSSR count). The average Bonchev–Trinajstić information content (AvgIpc) is 3.12. The lowest BCUT2D eigenvalue weighted by Gasteiger charge is -2.39. The molecule has 2 aromatic rings. The van der Waals surface area contributed by atoms with Gasteiger partial charge in [-0.25, -0.2) is 0 Å². The summed E-state index contributed by atoms with van der Waals surface area (Å²) < 4.78 is 1.38. The molecule has 1 atom stereocenters. The Balaban J connectivity index is 1.34. The first-order valence-electron chi connectivity index (χ1n) is 9.52. The molecule has 10 nitrogen and oxygen atoms in total. The Kier molecular flexibility index (Phi) is 3.73. The van der Waals surface area contributed by atoms with E-state index in [1.54, 1.807) is 4.90 Å². The Hall–Kier alpha value is -2.78. The Morgan fingerprint density at radius 3 is 2.96 bits per heavy atom. The van der Waals surface area contributed by atoms with Crippen LogP contribution in [0.2, 0.25) is 0 Å². The molecule has 1 aliphatic carbocycles. The number of aromatic nitrogens is 6. The quantitative estimate of drug-likeness (QED) is 0.825. The van der Waals surface area contributed by atoms with Crippen molar-refractivity contribution in [1.82, 2.24) is 40.2 Å². The van der Waals surface area contributed by atoms with Gasteiger partial charge in [-0.05, 0) is 48.4 Å². The highest BCUT2D eigenvalue weighted by Gasteiger charge is 2.50. The molecule has 2 aromatic heterocycles. The molecule has 27 heavy (non-hydrogen) atoms. The van der Waals surface area contributed by atoms with E-state index in [1.807, 2.05) is 4.90 Å². The standard InChI is InChI=1S/C17H22N8O2/c26-15(13-8-18-20-14(13)25-11-19-21-22-25)24-7-5-17(10-24)4-1-6-23(16(17)27)9-12-2-3-12/h8,11-12H,1-7,9-10H2,(H,18,20). The summed E-state index contributed by atoms with van der Waals surface area (Å²) in [4.78, 5) is 30.1. The van der Waals surface area contributed by atoms with Gasteiger partial charge < -0.3 is 9.80 Å². The molecule has 0 bridgehead atoms. The van der Waals surface area contributed by atoms with E-state index in [1.165, 1.54) is 30.0 Å². The fourth-order valence-corrected chi connectivity index (χ4v) is 4.41. The molecular formula is C17H22N8O2. The first kappa shape index (κ1) is 16.4. The minimum absolute atomic E-state index is 0.141. The van der Waals surface area contributed by atoms with Gasteiger partial charge in [0.05, 0.1) is 11.6 Å². The number of tetrazole rings is 1. The number of piperidine rings is 1. The zero-order valence-electron chi connectivity index (χ0n) is 15.0. The van der Waals surface area contributed by atoms with Gasteiger partial charge in [-0.3, -0.25) is 14.7 Å². The van der Waals surface area contributed by atoms with Gasteiger partial charge in [-0.2, -0.15) is 9.78 Å². The number of hydrogen-bond acceptors (Lipinski definition) is 6. The highest BCUT2D eigenvalue weighted by Crippen LogP contribution is 2.42. The lowest BCUT2D eigenvalue weighted by atomic mass is 9.78. The van der Waals surface area contributed by atoms with Gasteiger partial charge in [0.15, 0.2) is 5.82 Å². The summed E-state index contributed by atoms with van der Waals surface area (Å²) in [5.74, 6) is 1.23.